The fourth-order valence-electron chi connectivity index (χ4n) is 1.60. The van der Waals surface area contributed by atoms with E-state index in [1.54, 1.807) is 22.8 Å². The number of hydrogen-bond acceptors (Lipinski definition) is 5. The summed E-state index contributed by atoms with van der Waals surface area (Å²) in [4.78, 5) is 17.8. The van der Waals surface area contributed by atoms with E-state index < -0.39 is 0 Å². The molecule has 6 nitrogen and oxygen atoms in total. The van der Waals surface area contributed by atoms with Crippen molar-refractivity contribution in [3.8, 4) is 0 Å². The Balaban J connectivity index is 2.25. The van der Waals surface area contributed by atoms with Gasteiger partial charge in [-0.15, -0.1) is 0 Å². The first-order valence-electron chi connectivity index (χ1n) is 5.68. The van der Waals surface area contributed by atoms with Gasteiger partial charge in [0, 0.05) is 19.2 Å². The molecular formula is C12H16N4O2. The summed E-state index contributed by atoms with van der Waals surface area (Å²) < 4.78 is 6.33. The fourth-order valence-corrected chi connectivity index (χ4v) is 1.60. The van der Waals surface area contributed by atoms with Crippen LogP contribution < -0.4 is 0 Å². The highest BCUT2D eigenvalue weighted by Gasteiger charge is 2.09. The van der Waals surface area contributed by atoms with Crippen molar-refractivity contribution in [1.82, 2.24) is 19.5 Å². The van der Waals surface area contributed by atoms with E-state index in [2.05, 4.69) is 19.7 Å². The van der Waals surface area contributed by atoms with Crippen molar-refractivity contribution >= 4 is 11.6 Å². The van der Waals surface area contributed by atoms with Gasteiger partial charge in [-0.25, -0.2) is 14.3 Å². The van der Waals surface area contributed by atoms with E-state index in [0.717, 1.165) is 18.8 Å². The molecule has 2 aromatic heterocycles. The number of likely N-dealkylation sites (N-methyl/N-ethyl adjacent to an activating group) is 1. The maximum absolute atomic E-state index is 11.4. The molecule has 6 heteroatoms. The van der Waals surface area contributed by atoms with Gasteiger partial charge in [0.2, 0.25) is 0 Å². The molecule has 0 N–H and O–H groups in total. The number of ether oxygens (including phenoxy) is 1. The summed E-state index contributed by atoms with van der Waals surface area (Å²) in [5.41, 5.74) is 1.14. The Bertz CT molecular complexity index is 562. The summed E-state index contributed by atoms with van der Waals surface area (Å²) in [6.45, 7) is 0.890. The summed E-state index contributed by atoms with van der Waals surface area (Å²) in [6.07, 6.45) is 2.50. The second-order valence-corrected chi connectivity index (χ2v) is 4.29. The highest BCUT2D eigenvalue weighted by atomic mass is 16.5. The van der Waals surface area contributed by atoms with E-state index >= 15 is 0 Å². The summed E-state index contributed by atoms with van der Waals surface area (Å²) in [5.74, 6) is 0.404. The number of methoxy groups -OCH3 is 1. The van der Waals surface area contributed by atoms with Crippen molar-refractivity contribution < 1.29 is 9.53 Å². The van der Waals surface area contributed by atoms with Crippen molar-refractivity contribution in [2.24, 2.45) is 0 Å². The molecule has 0 aromatic carbocycles. The maximum atomic E-state index is 11.4. The molecule has 0 radical (unpaired) electrons. The molecule has 0 saturated heterocycles. The third-order valence-electron chi connectivity index (χ3n) is 2.59. The van der Waals surface area contributed by atoms with Crippen LogP contribution in [0.4, 0.5) is 0 Å². The Morgan fingerprint density at radius 3 is 2.94 bits per heavy atom. The number of aromatic nitrogens is 3. The van der Waals surface area contributed by atoms with Gasteiger partial charge in [-0.2, -0.15) is 5.10 Å². The fraction of sp³-hybridized carbons (Fsp3) is 0.417. The molecule has 0 aliphatic carbocycles. The maximum Gasteiger partial charge on any atom is 0.338 e. The van der Waals surface area contributed by atoms with E-state index in [1.807, 2.05) is 14.1 Å². The van der Waals surface area contributed by atoms with Gasteiger partial charge >= 0.3 is 5.97 Å². The number of carbonyl (C=O) groups excluding carboxylic acids is 1. The smallest absolute Gasteiger partial charge is 0.338 e. The van der Waals surface area contributed by atoms with E-state index in [-0.39, 0.29) is 5.97 Å². The van der Waals surface area contributed by atoms with Gasteiger partial charge in [0.05, 0.1) is 12.7 Å². The second-order valence-electron chi connectivity index (χ2n) is 4.29. The summed E-state index contributed by atoms with van der Waals surface area (Å²) in [7, 11) is 5.37. The Hall–Kier alpha value is -1.95. The van der Waals surface area contributed by atoms with Gasteiger partial charge < -0.3 is 9.64 Å². The average molecular weight is 248 g/mol. The molecule has 0 aliphatic heterocycles. The van der Waals surface area contributed by atoms with E-state index in [1.165, 1.54) is 7.11 Å². The lowest BCUT2D eigenvalue weighted by molar-refractivity contribution is 0.0600. The van der Waals surface area contributed by atoms with Gasteiger partial charge in [0.1, 0.15) is 0 Å². The average Bonchev–Trinajstić information content (AvgIpc) is 2.77. The zero-order valence-electron chi connectivity index (χ0n) is 10.8. The van der Waals surface area contributed by atoms with Crippen molar-refractivity contribution in [2.45, 2.75) is 6.42 Å². The monoisotopic (exact) mass is 248 g/mol. The van der Waals surface area contributed by atoms with Crippen molar-refractivity contribution in [2.75, 3.05) is 27.7 Å². The van der Waals surface area contributed by atoms with Crippen LogP contribution in [-0.2, 0) is 11.2 Å². The second kappa shape index (κ2) is 5.14. The Labute approximate surface area is 105 Å². The van der Waals surface area contributed by atoms with E-state index in [9.17, 15) is 4.79 Å². The topological polar surface area (TPSA) is 59.7 Å². The highest BCUT2D eigenvalue weighted by molar-refractivity contribution is 5.90. The predicted molar refractivity (Wildman–Crippen MR) is 66.6 cm³/mol. The van der Waals surface area contributed by atoms with Crippen LogP contribution in [0.3, 0.4) is 0 Å². The first-order chi connectivity index (χ1) is 8.60. The lowest BCUT2D eigenvalue weighted by Crippen LogP contribution is -2.15. The third kappa shape index (κ3) is 2.65. The van der Waals surface area contributed by atoms with E-state index in [4.69, 9.17) is 0 Å². The van der Waals surface area contributed by atoms with Gasteiger partial charge in [-0.3, -0.25) is 0 Å². The van der Waals surface area contributed by atoms with E-state index in [0.29, 0.717) is 11.2 Å². The summed E-state index contributed by atoms with van der Waals surface area (Å²) in [5, 5.41) is 4.34. The zero-order valence-corrected chi connectivity index (χ0v) is 10.8. The molecule has 0 amide bonds. The number of esters is 1. The first kappa shape index (κ1) is 12.5. The van der Waals surface area contributed by atoms with Crippen LogP contribution >= 0.6 is 0 Å². The molecule has 0 saturated carbocycles. The van der Waals surface area contributed by atoms with Crippen LogP contribution in [0.25, 0.3) is 5.65 Å². The Kier molecular flexibility index (Phi) is 3.57. The SMILES string of the molecule is COC(=O)c1ccn2nc(CCN(C)C)nc2c1. The quantitative estimate of drug-likeness (QED) is 0.742. The molecular weight excluding hydrogens is 232 g/mol. The standard InChI is InChI=1S/C12H16N4O2/c1-15(2)6-5-10-13-11-8-9(12(17)18-3)4-7-16(11)14-10/h4,7-8H,5-6H2,1-3H3. The molecule has 2 rings (SSSR count). The lowest BCUT2D eigenvalue weighted by Gasteiger charge is -2.05. The van der Waals surface area contributed by atoms with Gasteiger partial charge in [-0.05, 0) is 26.2 Å². The summed E-state index contributed by atoms with van der Waals surface area (Å²) in [6, 6.07) is 3.35. The largest absolute Gasteiger partial charge is 0.465 e. The molecule has 0 fully saturated rings. The Morgan fingerprint density at radius 2 is 2.28 bits per heavy atom. The number of pyridine rings is 1. The molecule has 0 atom stereocenters. The lowest BCUT2D eigenvalue weighted by atomic mass is 10.3. The van der Waals surface area contributed by atoms with Crippen molar-refractivity contribution in [3.05, 3.63) is 29.7 Å². The van der Waals surface area contributed by atoms with Gasteiger partial charge in [-0.1, -0.05) is 0 Å². The minimum atomic E-state index is -0.365. The summed E-state index contributed by atoms with van der Waals surface area (Å²) >= 11 is 0. The van der Waals surface area contributed by atoms with Crippen molar-refractivity contribution in [1.29, 1.82) is 0 Å². The molecule has 18 heavy (non-hydrogen) atoms. The van der Waals surface area contributed by atoms with Crippen LogP contribution in [0, 0.1) is 0 Å². The predicted octanol–water partition coefficient (Wildman–Crippen LogP) is 0.620. The molecule has 2 aromatic rings. The number of carbonyl (C=O) groups is 1. The van der Waals surface area contributed by atoms with Crippen LogP contribution in [0.15, 0.2) is 18.3 Å². The molecule has 0 bridgehead atoms. The number of hydrogen-bond donors (Lipinski definition) is 0. The van der Waals surface area contributed by atoms with Gasteiger partial charge in [0.25, 0.3) is 0 Å². The minimum Gasteiger partial charge on any atom is -0.465 e. The normalized spacial score (nSPS) is 11.1. The Morgan fingerprint density at radius 1 is 1.50 bits per heavy atom. The first-order valence-corrected chi connectivity index (χ1v) is 5.68. The van der Waals surface area contributed by atoms with Crippen LogP contribution in [0.2, 0.25) is 0 Å². The number of fused-ring (bicyclic) bond motifs is 1. The minimum absolute atomic E-state index is 0.365. The van der Waals surface area contributed by atoms with Crippen LogP contribution in [0.1, 0.15) is 16.2 Å². The molecule has 0 spiro atoms. The molecule has 0 aliphatic rings. The van der Waals surface area contributed by atoms with Crippen LogP contribution in [0.5, 0.6) is 0 Å². The zero-order chi connectivity index (χ0) is 13.1. The van der Waals surface area contributed by atoms with Crippen molar-refractivity contribution in [3.63, 3.8) is 0 Å². The number of nitrogens with zero attached hydrogens (tertiary/aromatic N) is 4. The van der Waals surface area contributed by atoms with Gasteiger partial charge in [0.15, 0.2) is 11.5 Å². The third-order valence-corrected chi connectivity index (χ3v) is 2.59. The molecule has 2 heterocycles. The highest BCUT2D eigenvalue weighted by Crippen LogP contribution is 2.07. The molecule has 0 unspecified atom stereocenters. The molecule has 96 valence electrons. The number of rotatable bonds is 4. The van der Waals surface area contributed by atoms with Crippen LogP contribution in [-0.4, -0.2) is 53.2 Å².